The Hall–Kier alpha value is -2.21. The third-order valence-electron chi connectivity index (χ3n) is 3.29. The molecule has 0 heterocycles. The first kappa shape index (κ1) is 17.1. The number of aromatic hydroxyl groups is 1. The first-order valence-corrected chi connectivity index (χ1v) is 8.02. The zero-order valence-corrected chi connectivity index (χ0v) is 14.6. The lowest BCUT2D eigenvalue weighted by molar-refractivity contribution is 0.0956. The van der Waals surface area contributed by atoms with Gasteiger partial charge in [0, 0.05) is 23.2 Å². The SMILES string of the molecule is CCNC(=O)c1cc(Br)ccc1NCc1ccc(O)c(OC)c1. The number of nitrogens with one attached hydrogen (secondary N) is 2. The molecule has 0 atom stereocenters. The number of benzene rings is 2. The lowest BCUT2D eigenvalue weighted by Crippen LogP contribution is -2.23. The van der Waals surface area contributed by atoms with Crippen LogP contribution in [0.3, 0.4) is 0 Å². The van der Waals surface area contributed by atoms with Crippen LogP contribution in [0.25, 0.3) is 0 Å². The fraction of sp³-hybridized carbons (Fsp3) is 0.235. The third kappa shape index (κ3) is 4.39. The van der Waals surface area contributed by atoms with E-state index in [0.717, 1.165) is 15.7 Å². The van der Waals surface area contributed by atoms with Crippen molar-refractivity contribution in [3.8, 4) is 11.5 Å². The number of phenols is 1. The molecular weight excluding hydrogens is 360 g/mol. The fourth-order valence-corrected chi connectivity index (χ4v) is 2.50. The van der Waals surface area contributed by atoms with Gasteiger partial charge >= 0.3 is 0 Å². The molecule has 23 heavy (non-hydrogen) atoms. The monoisotopic (exact) mass is 378 g/mol. The summed E-state index contributed by atoms with van der Waals surface area (Å²) in [6, 6.07) is 10.7. The molecule has 3 N–H and O–H groups in total. The van der Waals surface area contributed by atoms with Crippen molar-refractivity contribution >= 4 is 27.5 Å². The Morgan fingerprint density at radius 3 is 2.74 bits per heavy atom. The van der Waals surface area contributed by atoms with Gasteiger partial charge in [-0.05, 0) is 42.8 Å². The van der Waals surface area contributed by atoms with Crippen LogP contribution in [-0.4, -0.2) is 24.7 Å². The summed E-state index contributed by atoms with van der Waals surface area (Å²) >= 11 is 3.39. The zero-order chi connectivity index (χ0) is 16.8. The molecule has 6 heteroatoms. The molecule has 122 valence electrons. The predicted molar refractivity (Wildman–Crippen MR) is 94.1 cm³/mol. The van der Waals surface area contributed by atoms with Crippen LogP contribution in [0.15, 0.2) is 40.9 Å². The van der Waals surface area contributed by atoms with Crippen molar-refractivity contribution in [1.29, 1.82) is 0 Å². The number of carbonyl (C=O) groups is 1. The summed E-state index contributed by atoms with van der Waals surface area (Å²) in [6.45, 7) is 2.95. The minimum atomic E-state index is -0.125. The number of hydrogen-bond acceptors (Lipinski definition) is 4. The number of amides is 1. The van der Waals surface area contributed by atoms with Crippen molar-refractivity contribution < 1.29 is 14.6 Å². The maximum atomic E-state index is 12.1. The van der Waals surface area contributed by atoms with E-state index >= 15 is 0 Å². The standard InChI is InChI=1S/C17H19BrN2O3/c1-3-19-17(22)13-9-12(18)5-6-14(13)20-10-11-4-7-15(21)16(8-11)23-2/h4-9,20-21H,3,10H2,1-2H3,(H,19,22). The molecule has 0 saturated heterocycles. The van der Waals surface area contributed by atoms with Crippen molar-refractivity contribution in [1.82, 2.24) is 5.32 Å². The molecule has 1 amide bonds. The van der Waals surface area contributed by atoms with Gasteiger partial charge in [0.1, 0.15) is 0 Å². The first-order chi connectivity index (χ1) is 11.0. The molecule has 0 bridgehead atoms. The van der Waals surface area contributed by atoms with E-state index in [-0.39, 0.29) is 11.7 Å². The molecule has 0 fully saturated rings. The second kappa shape index (κ2) is 7.87. The minimum Gasteiger partial charge on any atom is -0.504 e. The van der Waals surface area contributed by atoms with Crippen molar-refractivity contribution in [3.05, 3.63) is 52.0 Å². The number of hydrogen-bond donors (Lipinski definition) is 3. The van der Waals surface area contributed by atoms with E-state index in [1.807, 2.05) is 19.1 Å². The molecular formula is C17H19BrN2O3. The van der Waals surface area contributed by atoms with Crippen LogP contribution in [0.5, 0.6) is 11.5 Å². The maximum Gasteiger partial charge on any atom is 0.253 e. The first-order valence-electron chi connectivity index (χ1n) is 7.22. The molecule has 0 aromatic heterocycles. The number of phenolic OH excluding ortho intramolecular Hbond substituents is 1. The summed E-state index contributed by atoms with van der Waals surface area (Å²) in [7, 11) is 1.51. The van der Waals surface area contributed by atoms with Crippen molar-refractivity contribution in [2.45, 2.75) is 13.5 Å². The van der Waals surface area contributed by atoms with Gasteiger partial charge in [-0.15, -0.1) is 0 Å². The molecule has 0 aliphatic carbocycles. The molecule has 5 nitrogen and oxygen atoms in total. The largest absolute Gasteiger partial charge is 0.504 e. The van der Waals surface area contributed by atoms with Crippen LogP contribution in [-0.2, 0) is 6.54 Å². The lowest BCUT2D eigenvalue weighted by Gasteiger charge is -2.13. The summed E-state index contributed by atoms with van der Waals surface area (Å²) in [5.41, 5.74) is 2.25. The van der Waals surface area contributed by atoms with Gasteiger partial charge in [0.05, 0.1) is 12.7 Å². The summed E-state index contributed by atoms with van der Waals surface area (Å²) < 4.78 is 5.94. The average molecular weight is 379 g/mol. The molecule has 0 radical (unpaired) electrons. The number of halogens is 1. The normalized spacial score (nSPS) is 10.2. The quantitative estimate of drug-likeness (QED) is 0.718. The highest BCUT2D eigenvalue weighted by Crippen LogP contribution is 2.27. The Balaban J connectivity index is 2.18. The van der Waals surface area contributed by atoms with Gasteiger partial charge in [-0.2, -0.15) is 0 Å². The lowest BCUT2D eigenvalue weighted by atomic mass is 10.1. The van der Waals surface area contributed by atoms with E-state index in [4.69, 9.17) is 4.74 Å². The Bertz CT molecular complexity index is 704. The molecule has 0 aliphatic rings. The maximum absolute atomic E-state index is 12.1. The molecule has 0 aliphatic heterocycles. The molecule has 2 aromatic rings. The zero-order valence-electron chi connectivity index (χ0n) is 13.0. The highest BCUT2D eigenvalue weighted by atomic mass is 79.9. The van der Waals surface area contributed by atoms with E-state index in [9.17, 15) is 9.90 Å². The van der Waals surface area contributed by atoms with Gasteiger partial charge in [-0.3, -0.25) is 4.79 Å². The number of carbonyl (C=O) groups excluding carboxylic acids is 1. The summed E-state index contributed by atoms with van der Waals surface area (Å²) in [4.78, 5) is 12.1. The van der Waals surface area contributed by atoms with Crippen LogP contribution in [0.4, 0.5) is 5.69 Å². The van der Waals surface area contributed by atoms with Gasteiger partial charge < -0.3 is 20.5 Å². The van der Waals surface area contributed by atoms with Crippen LogP contribution in [0.1, 0.15) is 22.8 Å². The highest BCUT2D eigenvalue weighted by molar-refractivity contribution is 9.10. The van der Waals surface area contributed by atoms with E-state index in [2.05, 4.69) is 26.6 Å². The van der Waals surface area contributed by atoms with Crippen LogP contribution in [0, 0.1) is 0 Å². The van der Waals surface area contributed by atoms with Crippen molar-refractivity contribution in [2.75, 3.05) is 19.0 Å². The smallest absolute Gasteiger partial charge is 0.253 e. The Labute approximate surface area is 143 Å². The van der Waals surface area contributed by atoms with Crippen LogP contribution in [0.2, 0.25) is 0 Å². The van der Waals surface area contributed by atoms with Gasteiger partial charge in [0.25, 0.3) is 5.91 Å². The summed E-state index contributed by atoms with van der Waals surface area (Å²) in [5.74, 6) is 0.395. The molecule has 2 rings (SSSR count). The highest BCUT2D eigenvalue weighted by Gasteiger charge is 2.11. The minimum absolute atomic E-state index is 0.0999. The third-order valence-corrected chi connectivity index (χ3v) is 3.78. The molecule has 2 aromatic carbocycles. The van der Waals surface area contributed by atoms with Crippen LogP contribution >= 0.6 is 15.9 Å². The van der Waals surface area contributed by atoms with E-state index in [1.54, 1.807) is 24.3 Å². The number of rotatable bonds is 6. The van der Waals surface area contributed by atoms with E-state index in [0.29, 0.717) is 24.4 Å². The Morgan fingerprint density at radius 1 is 1.26 bits per heavy atom. The Morgan fingerprint density at radius 2 is 2.04 bits per heavy atom. The summed E-state index contributed by atoms with van der Waals surface area (Å²) in [6.07, 6.45) is 0. The average Bonchev–Trinajstić information content (AvgIpc) is 2.55. The summed E-state index contributed by atoms with van der Waals surface area (Å²) in [5, 5.41) is 15.7. The second-order valence-corrected chi connectivity index (χ2v) is 5.82. The second-order valence-electron chi connectivity index (χ2n) is 4.91. The van der Waals surface area contributed by atoms with Crippen LogP contribution < -0.4 is 15.4 Å². The van der Waals surface area contributed by atoms with E-state index < -0.39 is 0 Å². The van der Waals surface area contributed by atoms with E-state index in [1.165, 1.54) is 7.11 Å². The number of anilines is 1. The molecule has 0 spiro atoms. The van der Waals surface area contributed by atoms with Gasteiger partial charge in [0.15, 0.2) is 11.5 Å². The topological polar surface area (TPSA) is 70.6 Å². The number of ether oxygens (including phenoxy) is 1. The van der Waals surface area contributed by atoms with Crippen molar-refractivity contribution in [3.63, 3.8) is 0 Å². The number of methoxy groups -OCH3 is 1. The molecule has 0 unspecified atom stereocenters. The van der Waals surface area contributed by atoms with Gasteiger partial charge in [-0.25, -0.2) is 0 Å². The molecule has 0 saturated carbocycles. The fourth-order valence-electron chi connectivity index (χ4n) is 2.14. The van der Waals surface area contributed by atoms with Gasteiger partial charge in [-0.1, -0.05) is 22.0 Å². The van der Waals surface area contributed by atoms with Gasteiger partial charge in [0.2, 0.25) is 0 Å². The Kier molecular flexibility index (Phi) is 5.87. The van der Waals surface area contributed by atoms with Crippen molar-refractivity contribution in [2.24, 2.45) is 0 Å². The predicted octanol–water partition coefficient (Wildman–Crippen LogP) is 3.53.